The van der Waals surface area contributed by atoms with E-state index in [0.29, 0.717) is 12.4 Å². The van der Waals surface area contributed by atoms with E-state index < -0.39 is 12.1 Å². The summed E-state index contributed by atoms with van der Waals surface area (Å²) in [6, 6.07) is 0. The van der Waals surface area contributed by atoms with Gasteiger partial charge in [-0.2, -0.15) is 0 Å². The standard InChI is InChI=1S/C7H10N2O3S2/c1-2-12-5(6(10)11)3-13-7-9-8-4-14-7/h4-5H,2-3H2,1H3,(H,10,11). The number of nitrogens with zero attached hydrogens (tertiary/aromatic N) is 2. The topological polar surface area (TPSA) is 72.3 Å². The molecule has 0 bridgehead atoms. The van der Waals surface area contributed by atoms with Crippen molar-refractivity contribution in [1.82, 2.24) is 10.2 Å². The van der Waals surface area contributed by atoms with E-state index in [1.54, 1.807) is 12.4 Å². The molecule has 1 rings (SSSR count). The Morgan fingerprint density at radius 3 is 3.14 bits per heavy atom. The summed E-state index contributed by atoms with van der Waals surface area (Å²) in [5.41, 5.74) is 1.61. The van der Waals surface area contributed by atoms with Gasteiger partial charge in [0.25, 0.3) is 0 Å². The molecule has 0 saturated heterocycles. The van der Waals surface area contributed by atoms with Gasteiger partial charge >= 0.3 is 5.97 Å². The van der Waals surface area contributed by atoms with E-state index in [0.717, 1.165) is 4.34 Å². The highest BCUT2D eigenvalue weighted by molar-refractivity contribution is 8.01. The summed E-state index contributed by atoms with van der Waals surface area (Å²) in [6.45, 7) is 2.17. The van der Waals surface area contributed by atoms with Gasteiger partial charge in [0, 0.05) is 12.4 Å². The van der Waals surface area contributed by atoms with Crippen molar-refractivity contribution in [3.05, 3.63) is 5.51 Å². The van der Waals surface area contributed by atoms with E-state index in [4.69, 9.17) is 9.84 Å². The molecule has 7 heteroatoms. The molecule has 0 amide bonds. The largest absolute Gasteiger partial charge is 0.479 e. The van der Waals surface area contributed by atoms with Crippen molar-refractivity contribution in [2.24, 2.45) is 0 Å². The molecule has 14 heavy (non-hydrogen) atoms. The van der Waals surface area contributed by atoms with Crippen molar-refractivity contribution >= 4 is 29.1 Å². The number of ether oxygens (including phenoxy) is 1. The average molecular weight is 234 g/mol. The summed E-state index contributed by atoms with van der Waals surface area (Å²) in [6.07, 6.45) is -0.770. The van der Waals surface area contributed by atoms with Crippen LogP contribution >= 0.6 is 23.1 Å². The highest BCUT2D eigenvalue weighted by atomic mass is 32.2. The summed E-state index contributed by atoms with van der Waals surface area (Å²) < 4.78 is 5.80. The lowest BCUT2D eigenvalue weighted by Gasteiger charge is -2.09. The molecule has 1 unspecified atom stereocenters. The fourth-order valence-electron chi connectivity index (χ4n) is 0.765. The fraction of sp³-hybridized carbons (Fsp3) is 0.571. The molecule has 0 aliphatic rings. The summed E-state index contributed by atoms with van der Waals surface area (Å²) in [5, 5.41) is 16.2. The molecular formula is C7H10N2O3S2. The molecule has 0 spiro atoms. The Bertz CT molecular complexity index is 278. The third kappa shape index (κ3) is 3.60. The average Bonchev–Trinajstić information content (AvgIpc) is 2.64. The van der Waals surface area contributed by atoms with Crippen LogP contribution in [-0.4, -0.2) is 39.7 Å². The molecule has 0 fully saturated rings. The van der Waals surface area contributed by atoms with Crippen molar-refractivity contribution in [2.45, 2.75) is 17.4 Å². The first-order chi connectivity index (χ1) is 6.74. The number of hydrogen-bond acceptors (Lipinski definition) is 6. The SMILES string of the molecule is CCOC(CSc1nncs1)C(=O)O. The number of carboxylic acids is 1. The number of hydrogen-bond donors (Lipinski definition) is 1. The molecular weight excluding hydrogens is 224 g/mol. The fourth-order valence-corrected chi connectivity index (χ4v) is 2.29. The second-order valence-corrected chi connectivity index (χ2v) is 4.40. The molecule has 0 aliphatic carbocycles. The summed E-state index contributed by atoms with van der Waals surface area (Å²) in [5.74, 6) is -0.581. The van der Waals surface area contributed by atoms with Gasteiger partial charge in [0.1, 0.15) is 5.51 Å². The van der Waals surface area contributed by atoms with E-state index in [1.807, 2.05) is 0 Å². The zero-order valence-electron chi connectivity index (χ0n) is 7.54. The van der Waals surface area contributed by atoms with Crippen LogP contribution in [0.3, 0.4) is 0 Å². The molecule has 1 aromatic rings. The Labute approximate surface area is 89.5 Å². The molecule has 0 radical (unpaired) electrons. The van der Waals surface area contributed by atoms with Gasteiger partial charge in [0.2, 0.25) is 0 Å². The van der Waals surface area contributed by atoms with Crippen LogP contribution in [0, 0.1) is 0 Å². The highest BCUT2D eigenvalue weighted by Crippen LogP contribution is 2.20. The minimum atomic E-state index is -0.941. The zero-order valence-corrected chi connectivity index (χ0v) is 9.18. The Morgan fingerprint density at radius 2 is 2.64 bits per heavy atom. The summed E-state index contributed by atoms with van der Waals surface area (Å²) in [7, 11) is 0. The lowest BCUT2D eigenvalue weighted by atomic mass is 10.4. The molecule has 78 valence electrons. The molecule has 1 aromatic heterocycles. The lowest BCUT2D eigenvalue weighted by molar-refractivity contribution is -0.148. The van der Waals surface area contributed by atoms with Crippen LogP contribution in [-0.2, 0) is 9.53 Å². The predicted molar refractivity (Wildman–Crippen MR) is 53.7 cm³/mol. The Balaban J connectivity index is 2.37. The van der Waals surface area contributed by atoms with Crippen LogP contribution in [0.1, 0.15) is 6.92 Å². The number of carbonyl (C=O) groups is 1. The molecule has 1 N–H and O–H groups in total. The van der Waals surface area contributed by atoms with Crippen LogP contribution in [0.25, 0.3) is 0 Å². The van der Waals surface area contributed by atoms with Gasteiger partial charge in [-0.05, 0) is 6.92 Å². The molecule has 0 aliphatic heterocycles. The van der Waals surface area contributed by atoms with Crippen LogP contribution in [0.4, 0.5) is 0 Å². The molecule has 1 heterocycles. The number of aliphatic carboxylic acids is 1. The van der Waals surface area contributed by atoms with E-state index >= 15 is 0 Å². The molecule has 0 aromatic carbocycles. The van der Waals surface area contributed by atoms with E-state index in [1.165, 1.54) is 23.1 Å². The van der Waals surface area contributed by atoms with E-state index in [9.17, 15) is 4.79 Å². The van der Waals surface area contributed by atoms with Crippen LogP contribution < -0.4 is 0 Å². The normalized spacial score (nSPS) is 12.6. The van der Waals surface area contributed by atoms with Gasteiger partial charge in [-0.15, -0.1) is 10.2 Å². The highest BCUT2D eigenvalue weighted by Gasteiger charge is 2.18. The van der Waals surface area contributed by atoms with Crippen LogP contribution in [0.15, 0.2) is 9.85 Å². The second kappa shape index (κ2) is 5.94. The molecule has 5 nitrogen and oxygen atoms in total. The number of rotatable bonds is 6. The lowest BCUT2D eigenvalue weighted by Crippen LogP contribution is -2.26. The predicted octanol–water partition coefficient (Wildman–Crippen LogP) is 1.12. The van der Waals surface area contributed by atoms with Gasteiger partial charge in [0.05, 0.1) is 0 Å². The van der Waals surface area contributed by atoms with Crippen molar-refractivity contribution in [3.63, 3.8) is 0 Å². The third-order valence-electron chi connectivity index (χ3n) is 1.34. The van der Waals surface area contributed by atoms with Crippen LogP contribution in [0.5, 0.6) is 0 Å². The minimum absolute atomic E-state index is 0.359. The van der Waals surface area contributed by atoms with E-state index in [-0.39, 0.29) is 0 Å². The quantitative estimate of drug-likeness (QED) is 0.744. The number of carboxylic acid groups (broad SMARTS) is 1. The summed E-state index contributed by atoms with van der Waals surface area (Å²) >= 11 is 2.73. The van der Waals surface area contributed by atoms with Gasteiger partial charge in [0.15, 0.2) is 10.4 Å². The number of aromatic nitrogens is 2. The van der Waals surface area contributed by atoms with Gasteiger partial charge in [-0.1, -0.05) is 23.1 Å². The van der Waals surface area contributed by atoms with E-state index in [2.05, 4.69) is 10.2 Å². The van der Waals surface area contributed by atoms with Crippen molar-refractivity contribution in [1.29, 1.82) is 0 Å². The maximum atomic E-state index is 10.7. The first-order valence-corrected chi connectivity index (χ1v) is 5.84. The maximum absolute atomic E-state index is 10.7. The van der Waals surface area contributed by atoms with Gasteiger partial charge in [-0.3, -0.25) is 0 Å². The zero-order chi connectivity index (χ0) is 10.4. The Morgan fingerprint density at radius 1 is 1.86 bits per heavy atom. The van der Waals surface area contributed by atoms with Gasteiger partial charge < -0.3 is 9.84 Å². The maximum Gasteiger partial charge on any atom is 0.333 e. The molecule has 0 saturated carbocycles. The monoisotopic (exact) mass is 234 g/mol. The number of thioether (sulfide) groups is 1. The molecule has 1 atom stereocenters. The minimum Gasteiger partial charge on any atom is -0.479 e. The third-order valence-corrected chi connectivity index (χ3v) is 3.26. The first kappa shape index (κ1) is 11.4. The van der Waals surface area contributed by atoms with Crippen molar-refractivity contribution in [3.8, 4) is 0 Å². The van der Waals surface area contributed by atoms with Crippen LogP contribution in [0.2, 0.25) is 0 Å². The van der Waals surface area contributed by atoms with Gasteiger partial charge in [-0.25, -0.2) is 4.79 Å². The van der Waals surface area contributed by atoms with Crippen molar-refractivity contribution < 1.29 is 14.6 Å². The summed E-state index contributed by atoms with van der Waals surface area (Å²) in [4.78, 5) is 10.7. The van der Waals surface area contributed by atoms with Crippen molar-refractivity contribution in [2.75, 3.05) is 12.4 Å². The smallest absolute Gasteiger partial charge is 0.333 e. The Kier molecular flexibility index (Phi) is 4.85. The Hall–Kier alpha value is -0.660. The second-order valence-electron chi connectivity index (χ2n) is 2.30. The first-order valence-electron chi connectivity index (χ1n) is 3.97.